The molecule has 0 saturated heterocycles. The molecule has 0 unspecified atom stereocenters. The molecule has 0 fully saturated rings. The predicted octanol–water partition coefficient (Wildman–Crippen LogP) is 0.126. The Hall–Kier alpha value is -1.43. The van der Waals surface area contributed by atoms with Gasteiger partial charge in [-0.3, -0.25) is 0 Å². The average molecular weight is 284 g/mol. The Labute approximate surface area is 93.7 Å². The molecule has 0 spiro atoms. The zero-order valence-electron chi connectivity index (χ0n) is 8.21. The van der Waals surface area contributed by atoms with Crippen molar-refractivity contribution in [3.8, 4) is 0 Å². The molecule has 0 amide bonds. The number of halogens is 9. The molecule has 0 aliphatic carbocycles. The maximum absolute atomic E-state index is 12.2. The molecule has 1 heterocycles. The summed E-state index contributed by atoms with van der Waals surface area (Å²) in [4.78, 5) is 0. The van der Waals surface area contributed by atoms with Gasteiger partial charge in [0.1, 0.15) is 0 Å². The highest BCUT2D eigenvalue weighted by Gasteiger charge is 2.53. The first kappa shape index (κ1) is 14.6. The Kier molecular flexibility index (Phi) is 3.29. The van der Waals surface area contributed by atoms with Gasteiger partial charge >= 0.3 is 40.3 Å². The van der Waals surface area contributed by atoms with Crippen LogP contribution in [0, 0.1) is 0 Å². The van der Waals surface area contributed by atoms with E-state index in [0.29, 0.717) is 0 Å². The summed E-state index contributed by atoms with van der Waals surface area (Å²) >= 11 is 0. The largest absolute Gasteiger partial charge is 0.820 e. The van der Waals surface area contributed by atoms with Crippen LogP contribution in [0.2, 0.25) is 0 Å². The van der Waals surface area contributed by atoms with Gasteiger partial charge in [0.05, 0.1) is 0 Å². The standard InChI is InChI=1S/C3H3B3F9N3/c7-4(8,9)16-1-17(5(10,11)12)3-18(2-16)6(13,14)15/h1-3H. The van der Waals surface area contributed by atoms with Crippen molar-refractivity contribution in [1.29, 1.82) is 0 Å². The minimum absolute atomic E-state index is 0.488. The van der Waals surface area contributed by atoms with Gasteiger partial charge < -0.3 is 38.8 Å². The van der Waals surface area contributed by atoms with Gasteiger partial charge in [0, 0.05) is 0 Å². The van der Waals surface area contributed by atoms with Gasteiger partial charge in [0.25, 0.3) is 0 Å². The summed E-state index contributed by atoms with van der Waals surface area (Å²) in [7, 11) is -18.2. The highest BCUT2D eigenvalue weighted by atomic mass is 19.4. The van der Waals surface area contributed by atoms with Gasteiger partial charge in [0.15, 0.2) is 0 Å². The molecule has 15 heteroatoms. The summed E-state index contributed by atoms with van der Waals surface area (Å²) in [6.45, 7) is 0. The molecule has 3 nitrogen and oxygen atoms in total. The monoisotopic (exact) mass is 285 g/mol. The second kappa shape index (κ2) is 4.05. The third kappa shape index (κ3) is 3.29. The van der Waals surface area contributed by atoms with E-state index in [1.807, 2.05) is 0 Å². The zero-order valence-corrected chi connectivity index (χ0v) is 8.21. The van der Waals surface area contributed by atoms with E-state index in [4.69, 9.17) is 0 Å². The minimum Gasteiger partial charge on any atom is -0.378 e. The Morgan fingerprint density at radius 3 is 0.722 bits per heavy atom. The topological polar surface area (TPSA) is 11.6 Å². The van der Waals surface area contributed by atoms with E-state index in [0.717, 1.165) is 0 Å². The fourth-order valence-electron chi connectivity index (χ4n) is 1.00. The third-order valence-corrected chi connectivity index (χ3v) is 1.81. The lowest BCUT2D eigenvalue weighted by Crippen LogP contribution is -2.74. The first-order valence-electron chi connectivity index (χ1n) is 4.29. The highest BCUT2D eigenvalue weighted by Crippen LogP contribution is 2.06. The summed E-state index contributed by atoms with van der Waals surface area (Å²) in [6, 6.07) is 0. The molecule has 0 aromatic carbocycles. The van der Waals surface area contributed by atoms with Crippen LogP contribution < -0.4 is 13.4 Å². The molecule has 0 bridgehead atoms. The maximum atomic E-state index is 12.2. The lowest BCUT2D eigenvalue weighted by atomic mass is 10.1. The summed E-state index contributed by atoms with van der Waals surface area (Å²) < 4.78 is 107. The van der Waals surface area contributed by atoms with Crippen molar-refractivity contribution in [3.05, 3.63) is 19.0 Å². The summed E-state index contributed by atoms with van der Waals surface area (Å²) in [5.41, 5.74) is 0. The van der Waals surface area contributed by atoms with Crippen molar-refractivity contribution in [2.45, 2.75) is 0 Å². The fraction of sp³-hybridized carbons (Fsp3) is 0. The average Bonchev–Trinajstić information content (AvgIpc) is 2.13. The number of hydrogen-bond acceptors (Lipinski definition) is 0. The van der Waals surface area contributed by atoms with Gasteiger partial charge in [-0.05, 0) is 0 Å². The van der Waals surface area contributed by atoms with Crippen LogP contribution in [0.4, 0.5) is 38.8 Å². The van der Waals surface area contributed by atoms with E-state index in [-0.39, 0.29) is 0 Å². The molecule has 1 aromatic rings. The van der Waals surface area contributed by atoms with E-state index in [1.54, 1.807) is 0 Å². The van der Waals surface area contributed by atoms with Gasteiger partial charge in [-0.25, -0.2) is 13.4 Å². The molecular formula is C3H3B3F9N3. The highest BCUT2D eigenvalue weighted by molar-refractivity contribution is 6.50. The normalized spacial score (nSPS) is 13.8. The molecule has 1 rings (SSSR count). The van der Waals surface area contributed by atoms with Gasteiger partial charge in [-0.15, -0.1) is 0 Å². The molecule has 0 radical (unpaired) electrons. The lowest BCUT2D eigenvalue weighted by molar-refractivity contribution is -0.833. The summed E-state index contributed by atoms with van der Waals surface area (Å²) in [6.07, 6.45) is -1.46. The van der Waals surface area contributed by atoms with E-state index in [1.165, 1.54) is 0 Å². The predicted molar refractivity (Wildman–Crippen MR) is 40.5 cm³/mol. The third-order valence-electron chi connectivity index (χ3n) is 1.81. The van der Waals surface area contributed by atoms with Crippen LogP contribution in [0.1, 0.15) is 0 Å². The van der Waals surface area contributed by atoms with Crippen LogP contribution in [0.5, 0.6) is 0 Å². The first-order chi connectivity index (χ1) is 7.82. The molecule has 1 aromatic heterocycles. The van der Waals surface area contributed by atoms with Crippen LogP contribution in [0.25, 0.3) is 0 Å². The van der Waals surface area contributed by atoms with Crippen molar-refractivity contribution in [2.75, 3.05) is 0 Å². The molecular weight excluding hydrogens is 281 g/mol. The van der Waals surface area contributed by atoms with E-state index in [2.05, 4.69) is 0 Å². The van der Waals surface area contributed by atoms with Crippen molar-refractivity contribution in [2.24, 2.45) is 0 Å². The lowest BCUT2D eigenvalue weighted by Gasteiger charge is -2.12. The first-order valence-corrected chi connectivity index (χ1v) is 4.29. The smallest absolute Gasteiger partial charge is 0.378 e. The molecule has 0 aliphatic heterocycles. The molecule has 102 valence electrons. The Balaban J connectivity index is 3.49. The number of aromatic nitrogens is 3. The van der Waals surface area contributed by atoms with Crippen molar-refractivity contribution >= 4 is 21.3 Å². The zero-order chi connectivity index (χ0) is 14.4. The summed E-state index contributed by atoms with van der Waals surface area (Å²) in [5, 5.41) is 0. The number of hydrogen-bond donors (Lipinski definition) is 0. The van der Waals surface area contributed by atoms with Crippen LogP contribution in [0.3, 0.4) is 0 Å². The Bertz CT molecular complexity index is 370. The Morgan fingerprint density at radius 1 is 0.444 bits per heavy atom. The van der Waals surface area contributed by atoms with Crippen molar-refractivity contribution < 1.29 is 52.3 Å². The van der Waals surface area contributed by atoms with Crippen molar-refractivity contribution in [3.63, 3.8) is 0 Å². The van der Waals surface area contributed by atoms with Gasteiger partial charge in [0.2, 0.25) is 0 Å². The van der Waals surface area contributed by atoms with Crippen LogP contribution in [-0.2, 0) is 0 Å². The van der Waals surface area contributed by atoms with E-state index in [9.17, 15) is 38.8 Å². The second-order valence-corrected chi connectivity index (χ2v) is 3.31. The maximum Gasteiger partial charge on any atom is 0.820 e. The second-order valence-electron chi connectivity index (χ2n) is 3.31. The van der Waals surface area contributed by atoms with Crippen molar-refractivity contribution in [1.82, 2.24) is 0 Å². The van der Waals surface area contributed by atoms with Crippen LogP contribution in [0.15, 0.2) is 19.0 Å². The minimum atomic E-state index is -6.05. The SMILES string of the molecule is F[B-](F)(F)[n+]1c[n+]([B-](F)(F)F)c[n+]([B-](F)(F)F)c1. The van der Waals surface area contributed by atoms with Gasteiger partial charge in [-0.1, -0.05) is 0 Å². The van der Waals surface area contributed by atoms with E-state index >= 15 is 0 Å². The summed E-state index contributed by atoms with van der Waals surface area (Å²) in [5.74, 6) is 0. The Morgan fingerprint density at radius 2 is 0.611 bits per heavy atom. The van der Waals surface area contributed by atoms with Gasteiger partial charge in [-0.2, -0.15) is 0 Å². The molecule has 0 N–H and O–H groups in total. The van der Waals surface area contributed by atoms with Crippen LogP contribution >= 0.6 is 0 Å². The van der Waals surface area contributed by atoms with E-state index < -0.39 is 53.8 Å². The molecule has 0 atom stereocenters. The molecule has 0 aliphatic rings. The molecule has 18 heavy (non-hydrogen) atoms. The quantitative estimate of drug-likeness (QED) is 0.552. The molecule has 0 saturated carbocycles. The number of rotatable bonds is 3. The fourth-order valence-corrected chi connectivity index (χ4v) is 1.00. The van der Waals surface area contributed by atoms with Crippen LogP contribution in [-0.4, -0.2) is 21.3 Å². The number of nitrogens with zero attached hydrogens (tertiary/aromatic N) is 3.